The molecule has 43 heavy (non-hydrogen) atoms. The molecule has 2 aromatic rings. The smallest absolute Gasteiger partial charge is 0.417 e. The van der Waals surface area contributed by atoms with Gasteiger partial charge >= 0.3 is 12.3 Å². The van der Waals surface area contributed by atoms with E-state index in [1.54, 1.807) is 7.11 Å². The topological polar surface area (TPSA) is 99.6 Å². The number of likely N-dealkylation sites (tertiary alicyclic amines) is 1. The molecule has 0 aliphatic carbocycles. The maximum Gasteiger partial charge on any atom is 0.417 e. The van der Waals surface area contributed by atoms with E-state index in [0.717, 1.165) is 17.7 Å². The van der Waals surface area contributed by atoms with Crippen molar-refractivity contribution in [2.75, 3.05) is 45.3 Å². The second-order valence-electron chi connectivity index (χ2n) is 11.6. The number of anilines is 1. The van der Waals surface area contributed by atoms with E-state index in [4.69, 9.17) is 9.47 Å². The van der Waals surface area contributed by atoms with Gasteiger partial charge in [0.05, 0.1) is 22.9 Å². The van der Waals surface area contributed by atoms with Gasteiger partial charge in [0, 0.05) is 40.4 Å². The fourth-order valence-corrected chi connectivity index (χ4v) is 5.85. The minimum absolute atomic E-state index is 0.0389. The highest BCUT2D eigenvalue weighted by atomic mass is 19.4. The minimum atomic E-state index is -4.90. The average Bonchev–Trinajstić information content (AvgIpc) is 2.95. The summed E-state index contributed by atoms with van der Waals surface area (Å²) in [6.07, 6.45) is -3.95. The van der Waals surface area contributed by atoms with Crippen LogP contribution in [0.2, 0.25) is 0 Å². The molecule has 2 atom stereocenters. The van der Waals surface area contributed by atoms with Gasteiger partial charge < -0.3 is 29.3 Å². The largest absolute Gasteiger partial charge is 0.476 e. The van der Waals surface area contributed by atoms with E-state index < -0.39 is 46.9 Å². The molecule has 0 bridgehead atoms. The highest BCUT2D eigenvalue weighted by Gasteiger charge is 2.45. The summed E-state index contributed by atoms with van der Waals surface area (Å²) in [6, 6.07) is 10.7. The van der Waals surface area contributed by atoms with E-state index in [2.05, 4.69) is 0 Å². The second kappa shape index (κ2) is 12.8. The van der Waals surface area contributed by atoms with Crippen molar-refractivity contribution in [1.29, 1.82) is 0 Å². The number of carboxylic acid groups (broad SMARTS) is 1. The number of alkyl halides is 3. The lowest BCUT2D eigenvalue weighted by molar-refractivity contribution is -0.138. The van der Waals surface area contributed by atoms with Crippen LogP contribution in [-0.2, 0) is 22.1 Å². The molecule has 0 saturated carbocycles. The first-order valence-corrected chi connectivity index (χ1v) is 14.3. The molecule has 1 fully saturated rings. The standard InChI is InChI=1S/C31H38F3N3O6/c1-30(2)28(39)37(13-8-9-15-42-4)24-17-22(23(31(32,33)34)18-26(24)43-30)27(38)35(3)25-19-36(29(40)41)14-12-21(25)16-20-10-6-5-7-11-20/h5-7,10-11,17-18,21,25H,8-9,12-16,19H2,1-4H3,(H,40,41)/t21-,25+/m1/s1. The van der Waals surface area contributed by atoms with Crippen molar-refractivity contribution in [3.05, 3.63) is 59.2 Å². The fourth-order valence-electron chi connectivity index (χ4n) is 5.85. The molecule has 0 unspecified atom stereocenters. The van der Waals surface area contributed by atoms with Crippen LogP contribution in [0.1, 0.15) is 54.6 Å². The number of unbranched alkanes of at least 4 members (excludes halogenated alkanes) is 1. The number of ether oxygens (including phenoxy) is 2. The maximum atomic E-state index is 14.5. The Morgan fingerprint density at radius 3 is 2.49 bits per heavy atom. The number of amides is 3. The first-order valence-electron chi connectivity index (χ1n) is 14.3. The number of methoxy groups -OCH3 is 1. The van der Waals surface area contributed by atoms with E-state index in [1.165, 1.54) is 35.6 Å². The molecule has 0 aromatic heterocycles. The van der Waals surface area contributed by atoms with Gasteiger partial charge in [-0.25, -0.2) is 4.79 Å². The first-order chi connectivity index (χ1) is 20.2. The van der Waals surface area contributed by atoms with Crippen LogP contribution in [0.25, 0.3) is 0 Å². The predicted octanol–water partition coefficient (Wildman–Crippen LogP) is 5.32. The Kier molecular flexibility index (Phi) is 9.58. The Hall–Kier alpha value is -3.80. The molecule has 1 saturated heterocycles. The van der Waals surface area contributed by atoms with Crippen LogP contribution < -0.4 is 9.64 Å². The number of carbonyl (C=O) groups excluding carboxylic acids is 2. The van der Waals surface area contributed by atoms with Gasteiger partial charge in [-0.2, -0.15) is 13.2 Å². The summed E-state index contributed by atoms with van der Waals surface area (Å²) in [4.78, 5) is 42.9. The number of benzene rings is 2. The average molecular weight is 606 g/mol. The number of hydrogen-bond donors (Lipinski definition) is 1. The monoisotopic (exact) mass is 605 g/mol. The van der Waals surface area contributed by atoms with E-state index in [1.807, 2.05) is 30.3 Å². The van der Waals surface area contributed by atoms with Crippen molar-refractivity contribution in [1.82, 2.24) is 9.80 Å². The molecule has 1 N–H and O–H groups in total. The van der Waals surface area contributed by atoms with Gasteiger partial charge in [-0.05, 0) is 63.1 Å². The molecule has 9 nitrogen and oxygen atoms in total. The van der Waals surface area contributed by atoms with E-state index in [9.17, 15) is 32.7 Å². The van der Waals surface area contributed by atoms with Crippen LogP contribution in [0.5, 0.6) is 5.75 Å². The summed E-state index contributed by atoms with van der Waals surface area (Å²) in [6.45, 7) is 3.85. The van der Waals surface area contributed by atoms with Crippen LogP contribution in [-0.4, -0.2) is 84.9 Å². The molecule has 2 aromatic carbocycles. The van der Waals surface area contributed by atoms with Gasteiger partial charge in [0.2, 0.25) is 0 Å². The van der Waals surface area contributed by atoms with Crippen LogP contribution in [0.3, 0.4) is 0 Å². The summed E-state index contributed by atoms with van der Waals surface area (Å²) in [5.74, 6) is -1.68. The van der Waals surface area contributed by atoms with Gasteiger partial charge in [-0.3, -0.25) is 9.59 Å². The maximum absolute atomic E-state index is 14.5. The molecular formula is C31H38F3N3O6. The lowest BCUT2D eigenvalue weighted by atomic mass is 9.85. The Labute approximate surface area is 249 Å². The van der Waals surface area contributed by atoms with E-state index in [0.29, 0.717) is 32.3 Å². The van der Waals surface area contributed by atoms with Crippen LogP contribution in [0, 0.1) is 5.92 Å². The van der Waals surface area contributed by atoms with Crippen LogP contribution in [0.15, 0.2) is 42.5 Å². The SMILES string of the molecule is COCCCCN1C(=O)C(C)(C)Oc2cc(C(F)(F)F)c(C(=O)N(C)[C@H]3CN(C(=O)O)CC[C@@H]3Cc3ccccc3)cc21. The Balaban J connectivity index is 1.74. The zero-order valence-electron chi connectivity index (χ0n) is 24.8. The molecule has 2 aliphatic rings. The third-order valence-corrected chi connectivity index (χ3v) is 8.18. The number of piperidine rings is 1. The van der Waals surface area contributed by atoms with Gasteiger partial charge in [0.1, 0.15) is 5.75 Å². The van der Waals surface area contributed by atoms with Crippen molar-refractivity contribution < 1.29 is 42.1 Å². The molecule has 12 heteroatoms. The molecule has 234 valence electrons. The lowest BCUT2D eigenvalue weighted by Crippen LogP contribution is -2.55. The van der Waals surface area contributed by atoms with Crippen molar-refractivity contribution in [3.8, 4) is 5.75 Å². The van der Waals surface area contributed by atoms with Crippen molar-refractivity contribution in [2.24, 2.45) is 5.92 Å². The number of likely N-dealkylation sites (N-methyl/N-ethyl adjacent to an activating group) is 1. The minimum Gasteiger partial charge on any atom is -0.476 e. The Bertz CT molecular complexity index is 1330. The quantitative estimate of drug-likeness (QED) is 0.389. The highest BCUT2D eigenvalue weighted by molar-refractivity contribution is 6.05. The third kappa shape index (κ3) is 7.06. The van der Waals surface area contributed by atoms with Crippen molar-refractivity contribution >= 4 is 23.6 Å². The zero-order valence-corrected chi connectivity index (χ0v) is 24.8. The lowest BCUT2D eigenvalue weighted by Gasteiger charge is -2.42. The number of nitrogens with zero attached hydrogens (tertiary/aromatic N) is 3. The van der Waals surface area contributed by atoms with E-state index in [-0.39, 0.29) is 37.0 Å². The Morgan fingerprint density at radius 2 is 1.86 bits per heavy atom. The van der Waals surface area contributed by atoms with E-state index >= 15 is 0 Å². The summed E-state index contributed by atoms with van der Waals surface area (Å²) in [5.41, 5.74) is -2.15. The molecule has 2 heterocycles. The molecule has 0 spiro atoms. The molecule has 4 rings (SSSR count). The molecule has 2 aliphatic heterocycles. The first kappa shape index (κ1) is 32.1. The number of carbonyl (C=O) groups is 3. The number of fused-ring (bicyclic) bond motifs is 1. The number of hydrogen-bond acceptors (Lipinski definition) is 5. The fraction of sp³-hybridized carbons (Fsp3) is 0.516. The van der Waals surface area contributed by atoms with Crippen molar-refractivity contribution in [3.63, 3.8) is 0 Å². The summed E-state index contributed by atoms with van der Waals surface area (Å²) >= 11 is 0. The van der Waals surface area contributed by atoms with Crippen LogP contribution in [0.4, 0.5) is 23.7 Å². The normalized spacial score (nSPS) is 19.9. The van der Waals surface area contributed by atoms with Gasteiger partial charge in [-0.15, -0.1) is 0 Å². The Morgan fingerprint density at radius 1 is 1.16 bits per heavy atom. The van der Waals surface area contributed by atoms with Gasteiger partial charge in [0.25, 0.3) is 11.8 Å². The van der Waals surface area contributed by atoms with Gasteiger partial charge in [-0.1, -0.05) is 30.3 Å². The zero-order chi connectivity index (χ0) is 31.5. The van der Waals surface area contributed by atoms with Gasteiger partial charge in [0.15, 0.2) is 5.60 Å². The molecule has 3 amide bonds. The second-order valence-corrected chi connectivity index (χ2v) is 11.6. The highest BCUT2D eigenvalue weighted by Crippen LogP contribution is 2.44. The summed E-state index contributed by atoms with van der Waals surface area (Å²) in [7, 11) is 2.96. The van der Waals surface area contributed by atoms with Crippen molar-refractivity contribution in [2.45, 2.75) is 57.3 Å². The predicted molar refractivity (Wildman–Crippen MR) is 153 cm³/mol. The summed E-state index contributed by atoms with van der Waals surface area (Å²) < 4.78 is 54.2. The molecular weight excluding hydrogens is 567 g/mol. The number of rotatable bonds is 9. The third-order valence-electron chi connectivity index (χ3n) is 8.18. The molecule has 0 radical (unpaired) electrons. The van der Waals surface area contributed by atoms with Crippen LogP contribution >= 0.6 is 0 Å². The summed E-state index contributed by atoms with van der Waals surface area (Å²) in [5, 5.41) is 9.67. The number of halogens is 3.